The van der Waals surface area contributed by atoms with E-state index in [4.69, 9.17) is 4.74 Å². The minimum Gasteiger partial charge on any atom is -0.465 e. The fraction of sp³-hybridized carbons (Fsp3) is 0.125. The van der Waals surface area contributed by atoms with Crippen LogP contribution in [-0.2, 0) is 4.74 Å². The molecule has 0 atom stereocenters. The summed E-state index contributed by atoms with van der Waals surface area (Å²) in [6.07, 6.45) is 1.76. The van der Waals surface area contributed by atoms with Crippen molar-refractivity contribution in [1.29, 1.82) is 0 Å². The van der Waals surface area contributed by atoms with Crippen LogP contribution in [0.3, 0.4) is 0 Å². The van der Waals surface area contributed by atoms with Crippen molar-refractivity contribution in [3.8, 4) is 5.69 Å². The van der Waals surface area contributed by atoms with Crippen LogP contribution in [0.15, 0.2) is 67.0 Å². The molecule has 1 aromatic heterocycles. The zero-order valence-electron chi connectivity index (χ0n) is 17.0. The van der Waals surface area contributed by atoms with Crippen LogP contribution < -0.4 is 5.32 Å². The Balaban J connectivity index is 1.65. The molecule has 6 heteroatoms. The minimum atomic E-state index is -0.506. The lowest BCUT2D eigenvalue weighted by Crippen LogP contribution is -2.15. The van der Waals surface area contributed by atoms with Crippen LogP contribution in [0, 0.1) is 13.8 Å². The fourth-order valence-electron chi connectivity index (χ4n) is 3.50. The predicted molar refractivity (Wildman–Crippen MR) is 116 cm³/mol. The van der Waals surface area contributed by atoms with Gasteiger partial charge in [-0.05, 0) is 55.8 Å². The Morgan fingerprint density at radius 1 is 1.00 bits per heavy atom. The fourth-order valence-corrected chi connectivity index (χ4v) is 3.50. The Morgan fingerprint density at radius 2 is 1.80 bits per heavy atom. The number of ether oxygens (including phenoxy) is 1. The summed E-state index contributed by atoms with van der Waals surface area (Å²) in [7, 11) is 1.31. The normalized spacial score (nSPS) is 10.8. The topological polar surface area (TPSA) is 73.2 Å². The number of aryl methyl sites for hydroxylation is 2. The van der Waals surface area contributed by atoms with Gasteiger partial charge in [0, 0.05) is 5.56 Å². The maximum atomic E-state index is 12.8. The van der Waals surface area contributed by atoms with Gasteiger partial charge in [0.2, 0.25) is 0 Å². The van der Waals surface area contributed by atoms with Gasteiger partial charge in [-0.3, -0.25) is 9.36 Å². The predicted octanol–water partition coefficient (Wildman–Crippen LogP) is 4.68. The number of methoxy groups -OCH3 is 1. The maximum Gasteiger partial charge on any atom is 0.339 e. The lowest BCUT2D eigenvalue weighted by atomic mass is 10.1. The molecule has 6 nitrogen and oxygen atoms in total. The highest BCUT2D eigenvalue weighted by Gasteiger charge is 2.15. The summed E-state index contributed by atoms with van der Waals surface area (Å²) in [5.41, 5.74) is 6.17. The Kier molecular flexibility index (Phi) is 5.06. The smallest absolute Gasteiger partial charge is 0.339 e. The molecule has 0 spiro atoms. The van der Waals surface area contributed by atoms with Crippen molar-refractivity contribution in [2.45, 2.75) is 13.8 Å². The molecule has 0 aliphatic heterocycles. The molecular formula is C24H21N3O3. The molecule has 0 aliphatic carbocycles. The second kappa shape index (κ2) is 7.83. The summed E-state index contributed by atoms with van der Waals surface area (Å²) in [5.74, 6) is -0.831. The quantitative estimate of drug-likeness (QED) is 0.506. The number of rotatable bonds is 4. The lowest BCUT2D eigenvalue weighted by molar-refractivity contribution is 0.0602. The summed E-state index contributed by atoms with van der Waals surface area (Å²) < 4.78 is 6.79. The molecule has 30 heavy (non-hydrogen) atoms. The second-order valence-corrected chi connectivity index (χ2v) is 7.10. The number of aromatic nitrogens is 2. The monoisotopic (exact) mass is 399 g/mol. The highest BCUT2D eigenvalue weighted by atomic mass is 16.5. The zero-order valence-corrected chi connectivity index (χ0v) is 17.0. The number of benzene rings is 3. The van der Waals surface area contributed by atoms with Crippen LogP contribution in [0.1, 0.15) is 31.8 Å². The number of fused-ring (bicyclic) bond motifs is 1. The van der Waals surface area contributed by atoms with E-state index in [0.717, 1.165) is 16.8 Å². The van der Waals surface area contributed by atoms with Gasteiger partial charge in [0.1, 0.15) is 6.33 Å². The van der Waals surface area contributed by atoms with Crippen LogP contribution in [-0.4, -0.2) is 28.5 Å². The highest BCUT2D eigenvalue weighted by molar-refractivity contribution is 6.09. The van der Waals surface area contributed by atoms with Crippen LogP contribution in [0.25, 0.3) is 16.7 Å². The molecule has 1 amide bonds. The summed E-state index contributed by atoms with van der Waals surface area (Å²) in [4.78, 5) is 29.2. The molecule has 150 valence electrons. The summed E-state index contributed by atoms with van der Waals surface area (Å²) in [6, 6.07) is 18.4. The van der Waals surface area contributed by atoms with Crippen molar-refractivity contribution in [3.05, 3.63) is 89.2 Å². The first-order valence-corrected chi connectivity index (χ1v) is 9.51. The van der Waals surface area contributed by atoms with Crippen molar-refractivity contribution in [2.24, 2.45) is 0 Å². The second-order valence-electron chi connectivity index (χ2n) is 7.10. The minimum absolute atomic E-state index is 0.300. The van der Waals surface area contributed by atoms with Crippen molar-refractivity contribution in [1.82, 2.24) is 9.55 Å². The van der Waals surface area contributed by atoms with Crippen molar-refractivity contribution in [2.75, 3.05) is 12.4 Å². The molecule has 4 rings (SSSR count). The van der Waals surface area contributed by atoms with E-state index in [0.29, 0.717) is 22.3 Å². The first-order chi connectivity index (χ1) is 14.5. The van der Waals surface area contributed by atoms with E-state index >= 15 is 0 Å². The van der Waals surface area contributed by atoms with Crippen LogP contribution >= 0.6 is 0 Å². The van der Waals surface area contributed by atoms with Gasteiger partial charge in [0.05, 0.1) is 35.1 Å². The van der Waals surface area contributed by atoms with E-state index in [1.807, 2.05) is 10.6 Å². The zero-order chi connectivity index (χ0) is 21.3. The van der Waals surface area contributed by atoms with Gasteiger partial charge in [-0.2, -0.15) is 0 Å². The largest absolute Gasteiger partial charge is 0.465 e. The Morgan fingerprint density at radius 3 is 2.57 bits per heavy atom. The van der Waals surface area contributed by atoms with Gasteiger partial charge in [-0.1, -0.05) is 29.8 Å². The lowest BCUT2D eigenvalue weighted by Gasteiger charge is -2.11. The number of carbonyl (C=O) groups is 2. The summed E-state index contributed by atoms with van der Waals surface area (Å²) in [6.45, 7) is 4.13. The molecule has 0 fully saturated rings. The Labute approximate surface area is 174 Å². The molecule has 1 heterocycles. The molecule has 0 saturated carbocycles. The van der Waals surface area contributed by atoms with E-state index in [1.165, 1.54) is 12.7 Å². The number of hydrogen-bond donors (Lipinski definition) is 1. The van der Waals surface area contributed by atoms with E-state index in [-0.39, 0.29) is 5.91 Å². The van der Waals surface area contributed by atoms with Crippen molar-refractivity contribution >= 4 is 28.6 Å². The number of imidazole rings is 1. The molecule has 0 radical (unpaired) electrons. The van der Waals surface area contributed by atoms with Gasteiger partial charge in [0.15, 0.2) is 0 Å². The van der Waals surface area contributed by atoms with Crippen LogP contribution in [0.2, 0.25) is 0 Å². The first kappa shape index (κ1) is 19.4. The van der Waals surface area contributed by atoms with E-state index in [1.54, 1.807) is 42.7 Å². The Bertz CT molecular complexity index is 1270. The third-order valence-corrected chi connectivity index (χ3v) is 5.00. The molecule has 0 saturated heterocycles. The van der Waals surface area contributed by atoms with E-state index in [9.17, 15) is 9.59 Å². The van der Waals surface area contributed by atoms with Gasteiger partial charge in [-0.25, -0.2) is 9.78 Å². The van der Waals surface area contributed by atoms with Gasteiger partial charge < -0.3 is 10.1 Å². The SMILES string of the molecule is COC(=O)c1ccccc1NC(=O)c1ccc2c(c1)ncn2-c1ccc(C)cc1C. The standard InChI is InChI=1S/C24H21N3O3/c1-15-8-10-21(16(2)12-15)27-14-25-20-13-17(9-11-22(20)27)23(28)26-19-7-5-4-6-18(19)24(29)30-3/h4-14H,1-3H3,(H,26,28). The molecular weight excluding hydrogens is 378 g/mol. The number of nitrogens with one attached hydrogen (secondary N) is 1. The number of anilines is 1. The van der Waals surface area contributed by atoms with Crippen LogP contribution in [0.4, 0.5) is 5.69 Å². The van der Waals surface area contributed by atoms with Gasteiger partial charge >= 0.3 is 5.97 Å². The number of hydrogen-bond acceptors (Lipinski definition) is 4. The summed E-state index contributed by atoms with van der Waals surface area (Å²) in [5, 5.41) is 2.79. The molecule has 0 unspecified atom stereocenters. The van der Waals surface area contributed by atoms with Crippen LogP contribution in [0.5, 0.6) is 0 Å². The third kappa shape index (κ3) is 3.55. The Hall–Kier alpha value is -3.93. The third-order valence-electron chi connectivity index (χ3n) is 5.00. The average Bonchev–Trinajstić information content (AvgIpc) is 3.16. The highest BCUT2D eigenvalue weighted by Crippen LogP contribution is 2.23. The maximum absolute atomic E-state index is 12.8. The number of amides is 1. The molecule has 3 aromatic carbocycles. The van der Waals surface area contributed by atoms with Crippen molar-refractivity contribution < 1.29 is 14.3 Å². The molecule has 0 bridgehead atoms. The summed E-state index contributed by atoms with van der Waals surface area (Å²) >= 11 is 0. The average molecular weight is 399 g/mol. The number of nitrogens with zero attached hydrogens (tertiary/aromatic N) is 2. The number of esters is 1. The number of para-hydroxylation sites is 1. The number of carbonyl (C=O) groups excluding carboxylic acids is 2. The van der Waals surface area contributed by atoms with Crippen molar-refractivity contribution in [3.63, 3.8) is 0 Å². The molecule has 0 aliphatic rings. The van der Waals surface area contributed by atoms with Gasteiger partial charge in [-0.15, -0.1) is 0 Å². The molecule has 1 N–H and O–H groups in total. The van der Waals surface area contributed by atoms with E-state index in [2.05, 4.69) is 42.3 Å². The molecule has 4 aromatic rings. The van der Waals surface area contributed by atoms with Gasteiger partial charge in [0.25, 0.3) is 5.91 Å². The first-order valence-electron chi connectivity index (χ1n) is 9.51. The van der Waals surface area contributed by atoms with E-state index < -0.39 is 5.97 Å².